The SMILES string of the molecule is CC(=O)Nc1ccc(S(=O)(=O)N(C)C2CCNCC2)c2ccccc12. The molecule has 6 nitrogen and oxygen atoms in total. The zero-order chi connectivity index (χ0) is 18.0. The maximum atomic E-state index is 13.2. The number of nitrogens with one attached hydrogen (secondary N) is 2. The second kappa shape index (κ2) is 7.11. The molecule has 134 valence electrons. The van der Waals surface area contributed by atoms with Crippen LogP contribution in [0.2, 0.25) is 0 Å². The summed E-state index contributed by atoms with van der Waals surface area (Å²) in [5.41, 5.74) is 0.617. The molecule has 1 fully saturated rings. The highest BCUT2D eigenvalue weighted by Gasteiger charge is 2.30. The van der Waals surface area contributed by atoms with E-state index >= 15 is 0 Å². The number of hydrogen-bond acceptors (Lipinski definition) is 4. The minimum atomic E-state index is -3.62. The Balaban J connectivity index is 2.07. The smallest absolute Gasteiger partial charge is 0.243 e. The average molecular weight is 361 g/mol. The Morgan fingerprint density at radius 3 is 2.40 bits per heavy atom. The van der Waals surface area contributed by atoms with Crippen molar-refractivity contribution in [3.63, 3.8) is 0 Å². The fourth-order valence-electron chi connectivity index (χ4n) is 3.32. The third kappa shape index (κ3) is 3.53. The summed E-state index contributed by atoms with van der Waals surface area (Å²) in [6, 6.07) is 10.5. The van der Waals surface area contributed by atoms with Gasteiger partial charge in [-0.2, -0.15) is 4.31 Å². The minimum Gasteiger partial charge on any atom is -0.326 e. The van der Waals surface area contributed by atoms with Crippen LogP contribution in [-0.2, 0) is 14.8 Å². The summed E-state index contributed by atoms with van der Waals surface area (Å²) in [5, 5.41) is 7.36. The predicted molar refractivity (Wildman–Crippen MR) is 99.1 cm³/mol. The Morgan fingerprint density at radius 2 is 1.76 bits per heavy atom. The lowest BCUT2D eigenvalue weighted by molar-refractivity contribution is -0.114. The highest BCUT2D eigenvalue weighted by molar-refractivity contribution is 7.89. The zero-order valence-electron chi connectivity index (χ0n) is 14.5. The lowest BCUT2D eigenvalue weighted by Crippen LogP contribution is -2.43. The first-order chi connectivity index (χ1) is 11.9. The largest absolute Gasteiger partial charge is 0.326 e. The summed E-state index contributed by atoms with van der Waals surface area (Å²) in [6.07, 6.45) is 1.61. The fraction of sp³-hybridized carbons (Fsp3) is 0.389. The van der Waals surface area contributed by atoms with E-state index in [9.17, 15) is 13.2 Å². The van der Waals surface area contributed by atoms with E-state index in [1.54, 1.807) is 25.2 Å². The van der Waals surface area contributed by atoms with Crippen LogP contribution in [0.15, 0.2) is 41.3 Å². The van der Waals surface area contributed by atoms with Gasteiger partial charge in [0, 0.05) is 36.5 Å². The van der Waals surface area contributed by atoms with Crippen molar-refractivity contribution < 1.29 is 13.2 Å². The second-order valence-electron chi connectivity index (χ2n) is 6.34. The predicted octanol–water partition coefficient (Wildman–Crippen LogP) is 2.17. The first kappa shape index (κ1) is 17.8. The molecule has 1 saturated heterocycles. The lowest BCUT2D eigenvalue weighted by atomic mass is 10.1. The molecule has 2 aromatic carbocycles. The van der Waals surface area contributed by atoms with Gasteiger partial charge in [0.25, 0.3) is 0 Å². The standard InChI is InChI=1S/C18H23N3O3S/c1-13(22)20-17-7-8-18(16-6-4-3-5-15(16)17)25(23,24)21(2)14-9-11-19-12-10-14/h3-8,14,19H,9-12H2,1-2H3,(H,20,22). The van der Waals surface area contributed by atoms with Crippen molar-refractivity contribution in [2.24, 2.45) is 0 Å². The number of hydrogen-bond donors (Lipinski definition) is 2. The van der Waals surface area contributed by atoms with Gasteiger partial charge in [-0.25, -0.2) is 8.42 Å². The maximum absolute atomic E-state index is 13.2. The molecule has 0 aliphatic carbocycles. The molecule has 0 atom stereocenters. The quantitative estimate of drug-likeness (QED) is 0.875. The topological polar surface area (TPSA) is 78.5 Å². The van der Waals surface area contributed by atoms with E-state index in [1.165, 1.54) is 11.2 Å². The van der Waals surface area contributed by atoms with Gasteiger partial charge in [0.05, 0.1) is 4.90 Å². The average Bonchev–Trinajstić information content (AvgIpc) is 2.61. The molecule has 3 rings (SSSR count). The summed E-state index contributed by atoms with van der Waals surface area (Å²) < 4.78 is 27.9. The van der Waals surface area contributed by atoms with E-state index in [0.717, 1.165) is 31.3 Å². The molecular formula is C18H23N3O3S. The van der Waals surface area contributed by atoms with E-state index in [0.29, 0.717) is 11.1 Å². The molecule has 2 N–H and O–H groups in total. The number of piperidine rings is 1. The maximum Gasteiger partial charge on any atom is 0.243 e. The molecule has 1 aliphatic rings. The summed E-state index contributed by atoms with van der Waals surface area (Å²) in [6.45, 7) is 3.09. The van der Waals surface area contributed by atoms with Gasteiger partial charge in [-0.1, -0.05) is 24.3 Å². The third-order valence-corrected chi connectivity index (χ3v) is 6.64. The highest BCUT2D eigenvalue weighted by atomic mass is 32.2. The molecule has 0 radical (unpaired) electrons. The molecule has 0 spiro atoms. The summed E-state index contributed by atoms with van der Waals surface area (Å²) in [4.78, 5) is 11.7. The molecule has 7 heteroatoms. The van der Waals surface area contributed by atoms with Crippen LogP contribution in [0.3, 0.4) is 0 Å². The zero-order valence-corrected chi connectivity index (χ0v) is 15.3. The number of nitrogens with zero attached hydrogens (tertiary/aromatic N) is 1. The van der Waals surface area contributed by atoms with E-state index in [1.807, 2.05) is 18.2 Å². The number of carbonyl (C=O) groups is 1. The Morgan fingerprint density at radius 1 is 1.12 bits per heavy atom. The Hall–Kier alpha value is -1.96. The van der Waals surface area contributed by atoms with Crippen LogP contribution in [0.4, 0.5) is 5.69 Å². The van der Waals surface area contributed by atoms with Gasteiger partial charge in [-0.3, -0.25) is 4.79 Å². The van der Waals surface area contributed by atoms with Gasteiger partial charge < -0.3 is 10.6 Å². The van der Waals surface area contributed by atoms with Gasteiger partial charge >= 0.3 is 0 Å². The van der Waals surface area contributed by atoms with Gasteiger partial charge in [-0.15, -0.1) is 0 Å². The molecule has 0 bridgehead atoms. The molecule has 0 aromatic heterocycles. The second-order valence-corrected chi connectivity index (χ2v) is 8.31. The summed E-state index contributed by atoms with van der Waals surface area (Å²) in [7, 11) is -1.96. The minimum absolute atomic E-state index is 0.0000309. The Bertz CT molecular complexity index is 890. The number of carbonyl (C=O) groups excluding carboxylic acids is 1. The van der Waals surface area contributed by atoms with Crippen molar-refractivity contribution in [2.45, 2.75) is 30.7 Å². The van der Waals surface area contributed by atoms with E-state index in [2.05, 4.69) is 10.6 Å². The van der Waals surface area contributed by atoms with E-state index in [4.69, 9.17) is 0 Å². The molecule has 1 heterocycles. The Labute approximate surface area is 148 Å². The molecule has 2 aromatic rings. The number of benzene rings is 2. The van der Waals surface area contributed by atoms with Crippen molar-refractivity contribution >= 4 is 32.4 Å². The molecule has 1 amide bonds. The van der Waals surface area contributed by atoms with Crippen LogP contribution >= 0.6 is 0 Å². The van der Waals surface area contributed by atoms with Crippen LogP contribution in [0.25, 0.3) is 10.8 Å². The highest BCUT2D eigenvalue weighted by Crippen LogP contribution is 2.32. The van der Waals surface area contributed by atoms with Crippen molar-refractivity contribution in [3.05, 3.63) is 36.4 Å². The Kier molecular flexibility index (Phi) is 5.08. The van der Waals surface area contributed by atoms with Gasteiger partial charge in [0.1, 0.15) is 0 Å². The van der Waals surface area contributed by atoms with Crippen LogP contribution < -0.4 is 10.6 Å². The van der Waals surface area contributed by atoms with Crippen LogP contribution in [-0.4, -0.2) is 44.8 Å². The first-order valence-electron chi connectivity index (χ1n) is 8.39. The van der Waals surface area contributed by atoms with Crippen LogP contribution in [0.1, 0.15) is 19.8 Å². The third-order valence-electron chi connectivity index (χ3n) is 4.67. The molecule has 25 heavy (non-hydrogen) atoms. The van der Waals surface area contributed by atoms with Crippen LogP contribution in [0, 0.1) is 0 Å². The summed E-state index contributed by atoms with van der Waals surface area (Å²) >= 11 is 0. The van der Waals surface area contributed by atoms with E-state index in [-0.39, 0.29) is 16.8 Å². The number of anilines is 1. The fourth-order valence-corrected chi connectivity index (χ4v) is 4.93. The first-order valence-corrected chi connectivity index (χ1v) is 9.83. The number of sulfonamides is 1. The molecular weight excluding hydrogens is 338 g/mol. The number of rotatable bonds is 4. The monoisotopic (exact) mass is 361 g/mol. The lowest BCUT2D eigenvalue weighted by Gasteiger charge is -2.31. The van der Waals surface area contributed by atoms with E-state index < -0.39 is 10.0 Å². The van der Waals surface area contributed by atoms with Crippen molar-refractivity contribution in [1.29, 1.82) is 0 Å². The van der Waals surface area contributed by atoms with Crippen molar-refractivity contribution in [1.82, 2.24) is 9.62 Å². The van der Waals surface area contributed by atoms with Gasteiger partial charge in [0.15, 0.2) is 0 Å². The van der Waals surface area contributed by atoms with Gasteiger partial charge in [0.2, 0.25) is 15.9 Å². The number of fused-ring (bicyclic) bond motifs is 1. The van der Waals surface area contributed by atoms with Gasteiger partial charge in [-0.05, 0) is 38.1 Å². The molecule has 1 aliphatic heterocycles. The number of amides is 1. The van der Waals surface area contributed by atoms with Crippen molar-refractivity contribution in [3.8, 4) is 0 Å². The normalized spacial score (nSPS) is 16.3. The van der Waals surface area contributed by atoms with Crippen LogP contribution in [0.5, 0.6) is 0 Å². The molecule has 0 unspecified atom stereocenters. The van der Waals surface area contributed by atoms with Crippen molar-refractivity contribution in [2.75, 3.05) is 25.5 Å². The summed E-state index contributed by atoms with van der Waals surface area (Å²) in [5.74, 6) is -0.187. The molecule has 0 saturated carbocycles.